The number of urea groups is 1. The molecule has 1 fully saturated rings. The number of halogens is 1. The predicted molar refractivity (Wildman–Crippen MR) is 79.1 cm³/mol. The number of piperidine rings is 1. The van der Waals surface area contributed by atoms with Gasteiger partial charge in [0.05, 0.1) is 12.6 Å². The number of aliphatic hydroxyl groups excluding tert-OH is 1. The number of aliphatic hydroxyl groups is 1. The van der Waals surface area contributed by atoms with Crippen molar-refractivity contribution in [3.8, 4) is 0 Å². The van der Waals surface area contributed by atoms with E-state index in [2.05, 4.69) is 28.2 Å². The van der Waals surface area contributed by atoms with Crippen LogP contribution in [0.1, 0.15) is 19.8 Å². The molecule has 0 aromatic heterocycles. The molecule has 1 aliphatic heterocycles. The van der Waals surface area contributed by atoms with Crippen LogP contribution in [0.15, 0.2) is 28.7 Å². The van der Waals surface area contributed by atoms with Crippen LogP contribution in [0.4, 0.5) is 10.5 Å². The van der Waals surface area contributed by atoms with Crippen molar-refractivity contribution in [2.24, 2.45) is 5.92 Å². The number of anilines is 1. The molecule has 1 heterocycles. The third-order valence-electron chi connectivity index (χ3n) is 3.66. The summed E-state index contributed by atoms with van der Waals surface area (Å²) in [6.45, 7) is 2.81. The van der Waals surface area contributed by atoms with Crippen LogP contribution in [0.25, 0.3) is 0 Å². The molecule has 1 aliphatic rings. The van der Waals surface area contributed by atoms with Gasteiger partial charge < -0.3 is 15.3 Å². The van der Waals surface area contributed by atoms with Crippen LogP contribution in [-0.2, 0) is 0 Å². The maximum Gasteiger partial charge on any atom is 0.322 e. The zero-order valence-corrected chi connectivity index (χ0v) is 12.6. The van der Waals surface area contributed by atoms with Crippen molar-refractivity contribution in [2.45, 2.75) is 25.8 Å². The normalized spacial score (nSPS) is 23.2. The lowest BCUT2D eigenvalue weighted by Crippen LogP contribution is -2.51. The lowest BCUT2D eigenvalue weighted by molar-refractivity contribution is 0.0811. The Kier molecular flexibility index (Phi) is 4.82. The topological polar surface area (TPSA) is 52.6 Å². The highest BCUT2D eigenvalue weighted by molar-refractivity contribution is 9.10. The van der Waals surface area contributed by atoms with Crippen LogP contribution >= 0.6 is 15.9 Å². The number of benzene rings is 1. The Morgan fingerprint density at radius 1 is 1.47 bits per heavy atom. The van der Waals surface area contributed by atoms with Gasteiger partial charge in [0.25, 0.3) is 0 Å². The van der Waals surface area contributed by atoms with E-state index < -0.39 is 0 Å². The third kappa shape index (κ3) is 3.48. The highest BCUT2D eigenvalue weighted by atomic mass is 79.9. The third-order valence-corrected chi connectivity index (χ3v) is 4.19. The Bertz CT molecular complexity index is 436. The summed E-state index contributed by atoms with van der Waals surface area (Å²) in [5.74, 6) is 0.342. The molecule has 0 radical (unpaired) electrons. The summed E-state index contributed by atoms with van der Waals surface area (Å²) in [5.41, 5.74) is 0.767. The van der Waals surface area contributed by atoms with E-state index in [-0.39, 0.29) is 18.7 Å². The number of carbonyl (C=O) groups excluding carboxylic acids is 1. The summed E-state index contributed by atoms with van der Waals surface area (Å²) >= 11 is 3.36. The maximum atomic E-state index is 12.3. The molecule has 1 aromatic carbocycles. The number of hydrogen-bond donors (Lipinski definition) is 2. The summed E-state index contributed by atoms with van der Waals surface area (Å²) < 4.78 is 0.977. The van der Waals surface area contributed by atoms with E-state index in [4.69, 9.17) is 0 Å². The van der Waals surface area contributed by atoms with Gasteiger partial charge in [0.2, 0.25) is 0 Å². The van der Waals surface area contributed by atoms with E-state index in [1.807, 2.05) is 24.3 Å². The van der Waals surface area contributed by atoms with Gasteiger partial charge in [-0.25, -0.2) is 4.79 Å². The van der Waals surface area contributed by atoms with Gasteiger partial charge in [0.1, 0.15) is 0 Å². The second-order valence-electron chi connectivity index (χ2n) is 5.00. The number of carbonyl (C=O) groups is 1. The minimum absolute atomic E-state index is 0.0227. The van der Waals surface area contributed by atoms with Crippen LogP contribution in [0, 0.1) is 5.92 Å². The lowest BCUT2D eigenvalue weighted by Gasteiger charge is -2.38. The van der Waals surface area contributed by atoms with Gasteiger partial charge in [0.15, 0.2) is 0 Å². The van der Waals surface area contributed by atoms with E-state index >= 15 is 0 Å². The van der Waals surface area contributed by atoms with Crippen molar-refractivity contribution in [1.82, 2.24) is 4.90 Å². The Morgan fingerprint density at radius 2 is 2.16 bits per heavy atom. The smallest absolute Gasteiger partial charge is 0.322 e. The van der Waals surface area contributed by atoms with Crippen LogP contribution in [-0.4, -0.2) is 35.2 Å². The Morgan fingerprint density at radius 3 is 2.79 bits per heavy atom. The number of amides is 2. The SMILES string of the molecule is CC1CCCN(C(=O)Nc2ccc(Br)cc2)C1CO. The summed E-state index contributed by atoms with van der Waals surface area (Å²) in [6, 6.07) is 7.26. The number of rotatable bonds is 2. The van der Waals surface area contributed by atoms with Gasteiger partial charge in [-0.15, -0.1) is 0 Å². The molecule has 4 nitrogen and oxygen atoms in total. The number of nitrogens with zero attached hydrogens (tertiary/aromatic N) is 1. The first-order valence-corrected chi connectivity index (χ1v) is 7.35. The first-order valence-electron chi connectivity index (χ1n) is 6.56. The molecule has 2 rings (SSSR count). The number of likely N-dealkylation sites (tertiary alicyclic amines) is 1. The molecular weight excluding hydrogens is 308 g/mol. The van der Waals surface area contributed by atoms with Gasteiger partial charge in [-0.2, -0.15) is 0 Å². The molecule has 19 heavy (non-hydrogen) atoms. The Balaban J connectivity index is 2.04. The van der Waals surface area contributed by atoms with Crippen molar-refractivity contribution < 1.29 is 9.90 Å². The first-order chi connectivity index (χ1) is 9.11. The van der Waals surface area contributed by atoms with Crippen molar-refractivity contribution >= 4 is 27.6 Å². The standard InChI is InChI=1S/C14H19BrN2O2/c1-10-3-2-8-17(13(10)9-18)14(19)16-12-6-4-11(15)5-7-12/h4-7,10,13,18H,2-3,8-9H2,1H3,(H,16,19). The quantitative estimate of drug-likeness (QED) is 0.877. The Hall–Kier alpha value is -1.07. The zero-order valence-electron chi connectivity index (χ0n) is 11.0. The van der Waals surface area contributed by atoms with Gasteiger partial charge in [-0.1, -0.05) is 22.9 Å². The molecule has 2 amide bonds. The fourth-order valence-electron chi connectivity index (χ4n) is 2.51. The summed E-state index contributed by atoms with van der Waals surface area (Å²) in [6.07, 6.45) is 2.05. The zero-order chi connectivity index (χ0) is 13.8. The minimum atomic E-state index is -0.132. The number of nitrogens with one attached hydrogen (secondary N) is 1. The molecule has 0 bridgehead atoms. The van der Waals surface area contributed by atoms with Crippen molar-refractivity contribution in [1.29, 1.82) is 0 Å². The number of hydrogen-bond acceptors (Lipinski definition) is 2. The average Bonchev–Trinajstić information content (AvgIpc) is 2.41. The van der Waals surface area contributed by atoms with E-state index in [1.165, 1.54) is 0 Å². The van der Waals surface area contributed by atoms with Gasteiger partial charge in [-0.05, 0) is 43.0 Å². The van der Waals surface area contributed by atoms with Crippen LogP contribution in [0.2, 0.25) is 0 Å². The van der Waals surface area contributed by atoms with Gasteiger partial charge >= 0.3 is 6.03 Å². The lowest BCUT2D eigenvalue weighted by atomic mass is 9.91. The first kappa shape index (κ1) is 14.3. The molecule has 2 N–H and O–H groups in total. The molecule has 2 unspecified atom stereocenters. The molecule has 0 saturated carbocycles. The van der Waals surface area contributed by atoms with E-state index in [9.17, 15) is 9.90 Å². The van der Waals surface area contributed by atoms with E-state index in [0.29, 0.717) is 12.5 Å². The second kappa shape index (κ2) is 6.39. The summed E-state index contributed by atoms with van der Waals surface area (Å²) in [4.78, 5) is 14.0. The Labute approximate surface area is 121 Å². The van der Waals surface area contributed by atoms with Gasteiger partial charge in [0, 0.05) is 16.7 Å². The fraction of sp³-hybridized carbons (Fsp3) is 0.500. The molecular formula is C14H19BrN2O2. The average molecular weight is 327 g/mol. The minimum Gasteiger partial charge on any atom is -0.394 e. The van der Waals surface area contributed by atoms with Crippen LogP contribution in [0.5, 0.6) is 0 Å². The molecule has 0 aliphatic carbocycles. The van der Waals surface area contributed by atoms with E-state index in [0.717, 1.165) is 23.0 Å². The van der Waals surface area contributed by atoms with E-state index in [1.54, 1.807) is 4.90 Å². The van der Waals surface area contributed by atoms with Crippen molar-refractivity contribution in [2.75, 3.05) is 18.5 Å². The largest absolute Gasteiger partial charge is 0.394 e. The molecule has 1 saturated heterocycles. The second-order valence-corrected chi connectivity index (χ2v) is 5.92. The molecule has 1 aromatic rings. The predicted octanol–water partition coefficient (Wildman–Crippen LogP) is 3.07. The maximum absolute atomic E-state index is 12.3. The van der Waals surface area contributed by atoms with Crippen molar-refractivity contribution in [3.63, 3.8) is 0 Å². The monoisotopic (exact) mass is 326 g/mol. The molecule has 2 atom stereocenters. The summed E-state index contributed by atoms with van der Waals surface area (Å²) in [7, 11) is 0. The molecule has 0 spiro atoms. The van der Waals surface area contributed by atoms with Crippen LogP contribution in [0.3, 0.4) is 0 Å². The fourth-order valence-corrected chi connectivity index (χ4v) is 2.77. The highest BCUT2D eigenvalue weighted by Gasteiger charge is 2.31. The van der Waals surface area contributed by atoms with Crippen LogP contribution < -0.4 is 5.32 Å². The molecule has 5 heteroatoms. The van der Waals surface area contributed by atoms with Crippen molar-refractivity contribution in [3.05, 3.63) is 28.7 Å². The highest BCUT2D eigenvalue weighted by Crippen LogP contribution is 2.24. The van der Waals surface area contributed by atoms with Gasteiger partial charge in [-0.3, -0.25) is 0 Å². The molecule has 104 valence electrons. The summed E-state index contributed by atoms with van der Waals surface area (Å²) in [5, 5.41) is 12.3.